The van der Waals surface area contributed by atoms with E-state index in [-0.39, 0.29) is 0 Å². The first-order valence-corrected chi connectivity index (χ1v) is 3.60. The van der Waals surface area contributed by atoms with Crippen LogP contribution in [-0.4, -0.2) is 7.11 Å². The lowest BCUT2D eigenvalue weighted by Gasteiger charge is -2.02. The van der Waals surface area contributed by atoms with Crippen LogP contribution in [0.2, 0.25) is 5.02 Å². The summed E-state index contributed by atoms with van der Waals surface area (Å²) < 4.78 is 4.94. The number of benzene rings is 1. The lowest BCUT2D eigenvalue weighted by Crippen LogP contribution is -1.97. The van der Waals surface area contributed by atoms with Gasteiger partial charge in [0.25, 0.3) is 0 Å². The summed E-state index contributed by atoms with van der Waals surface area (Å²) in [4.78, 5) is 0. The number of hydrogen-bond donors (Lipinski definition) is 1. The molecule has 0 aliphatic heterocycles. The van der Waals surface area contributed by atoms with Crippen LogP contribution < -0.4 is 10.5 Å². The van der Waals surface area contributed by atoms with Gasteiger partial charge in [-0.25, -0.2) is 0 Å². The average molecular weight is 171 g/mol. The Morgan fingerprint density at radius 1 is 1.73 bits per heavy atom. The molecule has 0 spiro atoms. The third kappa shape index (κ3) is 1.85. The van der Waals surface area contributed by atoms with Crippen molar-refractivity contribution in [1.82, 2.24) is 0 Å². The van der Waals surface area contributed by atoms with Gasteiger partial charge in [-0.2, -0.15) is 0 Å². The second-order valence-corrected chi connectivity index (χ2v) is 2.48. The zero-order chi connectivity index (χ0) is 8.27. The van der Waals surface area contributed by atoms with Crippen LogP contribution in [0.5, 0.6) is 5.75 Å². The van der Waals surface area contributed by atoms with E-state index in [1.165, 1.54) is 0 Å². The smallest absolute Gasteiger partial charge is 0.120 e. The zero-order valence-electron chi connectivity index (χ0n) is 6.23. The van der Waals surface area contributed by atoms with E-state index in [9.17, 15) is 0 Å². The fraction of sp³-hybridized carbons (Fsp3) is 0.250. The summed E-state index contributed by atoms with van der Waals surface area (Å²) in [6, 6.07) is 6.36. The summed E-state index contributed by atoms with van der Waals surface area (Å²) in [5, 5.41) is 0.604. The second kappa shape index (κ2) is 3.60. The van der Waals surface area contributed by atoms with Gasteiger partial charge in [-0.3, -0.25) is 0 Å². The van der Waals surface area contributed by atoms with Gasteiger partial charge in [0.05, 0.1) is 7.11 Å². The molecule has 0 unspecified atom stereocenters. The maximum atomic E-state index is 5.82. The molecule has 0 aromatic heterocycles. The molecule has 0 bridgehead atoms. The Hall–Kier alpha value is -0.730. The van der Waals surface area contributed by atoms with Gasteiger partial charge in [-0.1, -0.05) is 11.6 Å². The van der Waals surface area contributed by atoms with Gasteiger partial charge in [-0.15, -0.1) is 0 Å². The molecule has 2 N–H and O–H groups in total. The Morgan fingerprint density at radius 3 is 2.91 bits per heavy atom. The van der Waals surface area contributed by atoms with Gasteiger partial charge in [0.15, 0.2) is 0 Å². The fourth-order valence-corrected chi connectivity index (χ4v) is 0.994. The van der Waals surface area contributed by atoms with Crippen molar-refractivity contribution in [2.75, 3.05) is 7.11 Å². The highest BCUT2D eigenvalue weighted by molar-refractivity contribution is 6.31. The molecule has 59 valence electrons. The standard InChI is InChI=1S/C8H9ClNO/c1-11-7-3-2-6(5-10)8(9)4-7/h3-4H,5,10H2,1H3. The van der Waals surface area contributed by atoms with Crippen molar-refractivity contribution in [1.29, 1.82) is 0 Å². The normalized spacial score (nSPS) is 9.73. The minimum atomic E-state index is 0.406. The van der Waals surface area contributed by atoms with Crippen LogP contribution in [0, 0.1) is 6.07 Å². The van der Waals surface area contributed by atoms with E-state index in [1.54, 1.807) is 19.2 Å². The Bertz CT molecular complexity index is 250. The molecule has 0 atom stereocenters. The molecule has 1 rings (SSSR count). The maximum absolute atomic E-state index is 5.82. The van der Waals surface area contributed by atoms with Crippen molar-refractivity contribution in [3.05, 3.63) is 28.8 Å². The highest BCUT2D eigenvalue weighted by Gasteiger charge is 1.99. The van der Waals surface area contributed by atoms with Crippen molar-refractivity contribution in [3.63, 3.8) is 0 Å². The Kier molecular flexibility index (Phi) is 2.74. The molecule has 0 heterocycles. The van der Waals surface area contributed by atoms with Crippen molar-refractivity contribution in [2.24, 2.45) is 5.73 Å². The molecule has 0 saturated heterocycles. The predicted octanol–water partition coefficient (Wildman–Crippen LogP) is 1.61. The maximum Gasteiger partial charge on any atom is 0.120 e. The second-order valence-electron chi connectivity index (χ2n) is 2.07. The van der Waals surface area contributed by atoms with Crippen LogP contribution in [0.1, 0.15) is 5.56 Å². The average Bonchev–Trinajstić information content (AvgIpc) is 2.04. The molecule has 0 aliphatic carbocycles. The number of ether oxygens (including phenoxy) is 1. The van der Waals surface area contributed by atoms with Crippen LogP contribution in [-0.2, 0) is 6.54 Å². The summed E-state index contributed by atoms with van der Waals surface area (Å²) in [7, 11) is 1.58. The van der Waals surface area contributed by atoms with Gasteiger partial charge < -0.3 is 10.5 Å². The molecule has 1 aromatic rings. The topological polar surface area (TPSA) is 35.2 Å². The lowest BCUT2D eigenvalue weighted by molar-refractivity contribution is 0.414. The largest absolute Gasteiger partial charge is 0.497 e. The van der Waals surface area contributed by atoms with Crippen LogP contribution in [0.15, 0.2) is 12.1 Å². The quantitative estimate of drug-likeness (QED) is 0.732. The van der Waals surface area contributed by atoms with E-state index < -0.39 is 0 Å². The zero-order valence-corrected chi connectivity index (χ0v) is 6.98. The number of rotatable bonds is 2. The van der Waals surface area contributed by atoms with Crippen LogP contribution >= 0.6 is 11.6 Å². The molecule has 3 heteroatoms. The highest BCUT2D eigenvalue weighted by Crippen LogP contribution is 2.20. The number of nitrogens with two attached hydrogens (primary N) is 1. The minimum absolute atomic E-state index is 0.406. The Balaban J connectivity index is 2.99. The van der Waals surface area contributed by atoms with E-state index in [1.807, 2.05) is 0 Å². The van der Waals surface area contributed by atoms with Gasteiger partial charge in [0.1, 0.15) is 5.75 Å². The third-order valence-corrected chi connectivity index (χ3v) is 1.72. The summed E-state index contributed by atoms with van der Waals surface area (Å²) >= 11 is 5.82. The Labute approximate surface area is 70.9 Å². The third-order valence-electron chi connectivity index (χ3n) is 1.39. The Morgan fingerprint density at radius 2 is 2.45 bits per heavy atom. The monoisotopic (exact) mass is 170 g/mol. The molecule has 0 fully saturated rings. The van der Waals surface area contributed by atoms with E-state index in [0.29, 0.717) is 17.3 Å². The molecule has 0 saturated carbocycles. The molecular formula is C8H9ClNO. The highest BCUT2D eigenvalue weighted by atomic mass is 35.5. The first-order chi connectivity index (χ1) is 5.27. The van der Waals surface area contributed by atoms with Crippen molar-refractivity contribution < 1.29 is 4.74 Å². The first-order valence-electron chi connectivity index (χ1n) is 3.22. The van der Waals surface area contributed by atoms with E-state index in [4.69, 9.17) is 22.1 Å². The molecule has 1 radical (unpaired) electrons. The number of hydrogen-bond acceptors (Lipinski definition) is 2. The van der Waals surface area contributed by atoms with Gasteiger partial charge in [0.2, 0.25) is 0 Å². The van der Waals surface area contributed by atoms with Crippen LogP contribution in [0.25, 0.3) is 0 Å². The minimum Gasteiger partial charge on any atom is -0.497 e. The van der Waals surface area contributed by atoms with Crippen LogP contribution in [0.4, 0.5) is 0 Å². The fourth-order valence-electron chi connectivity index (χ4n) is 0.755. The van der Waals surface area contributed by atoms with Crippen LogP contribution in [0.3, 0.4) is 0 Å². The van der Waals surface area contributed by atoms with Crippen molar-refractivity contribution in [3.8, 4) is 5.75 Å². The van der Waals surface area contributed by atoms with E-state index in [2.05, 4.69) is 6.07 Å². The van der Waals surface area contributed by atoms with Gasteiger partial charge >= 0.3 is 0 Å². The number of methoxy groups -OCH3 is 1. The van der Waals surface area contributed by atoms with Gasteiger partial charge in [-0.05, 0) is 23.8 Å². The van der Waals surface area contributed by atoms with E-state index in [0.717, 1.165) is 5.56 Å². The molecular weight excluding hydrogens is 162 g/mol. The van der Waals surface area contributed by atoms with Crippen molar-refractivity contribution in [2.45, 2.75) is 6.54 Å². The molecule has 2 nitrogen and oxygen atoms in total. The summed E-state index contributed by atoms with van der Waals surface area (Å²) in [5.41, 5.74) is 6.20. The lowest BCUT2D eigenvalue weighted by atomic mass is 10.2. The van der Waals surface area contributed by atoms with Gasteiger partial charge in [0, 0.05) is 11.6 Å². The molecule has 11 heavy (non-hydrogen) atoms. The summed E-state index contributed by atoms with van der Waals surface area (Å²) in [6.45, 7) is 0.406. The summed E-state index contributed by atoms with van der Waals surface area (Å²) in [6.07, 6.45) is 0. The SMILES string of the molecule is COc1c[c]c(CN)c(Cl)c1. The molecule has 0 amide bonds. The van der Waals surface area contributed by atoms with Crippen molar-refractivity contribution >= 4 is 11.6 Å². The van der Waals surface area contributed by atoms with E-state index >= 15 is 0 Å². The number of halogens is 1. The first kappa shape index (κ1) is 8.37. The molecule has 1 aromatic carbocycles. The predicted molar refractivity (Wildman–Crippen MR) is 44.7 cm³/mol. The summed E-state index contributed by atoms with van der Waals surface area (Å²) in [5.74, 6) is 0.701. The molecule has 0 aliphatic rings.